The Labute approximate surface area is 127 Å². The molecule has 7 N–H and O–H groups in total. The summed E-state index contributed by atoms with van der Waals surface area (Å²) in [7, 11) is 0. The Balaban J connectivity index is 1.87. The van der Waals surface area contributed by atoms with E-state index in [4.69, 9.17) is 16.6 Å². The monoisotopic (exact) mass is 304 g/mol. The van der Waals surface area contributed by atoms with Crippen LogP contribution in [-0.2, 0) is 16.0 Å². The molecule has 0 aliphatic rings. The van der Waals surface area contributed by atoms with E-state index in [1.54, 1.807) is 0 Å². The van der Waals surface area contributed by atoms with Crippen molar-refractivity contribution in [2.45, 2.75) is 24.9 Å². The number of carbonyl (C=O) groups excluding carboxylic acids is 1. The number of aromatic amines is 1. The van der Waals surface area contributed by atoms with Gasteiger partial charge in [0.2, 0.25) is 5.91 Å². The molecule has 0 aliphatic carbocycles. The highest BCUT2D eigenvalue weighted by atomic mass is 16.4. The molecule has 2 atom stereocenters. The van der Waals surface area contributed by atoms with Gasteiger partial charge in [-0.2, -0.15) is 0 Å². The molecular formula is C15H20N4O3. The van der Waals surface area contributed by atoms with Crippen molar-refractivity contribution >= 4 is 22.8 Å². The molecule has 0 bridgehead atoms. The highest BCUT2D eigenvalue weighted by molar-refractivity contribution is 5.86. The predicted molar refractivity (Wildman–Crippen MR) is 83.2 cm³/mol. The summed E-state index contributed by atoms with van der Waals surface area (Å²) in [6.07, 6.45) is 2.42. The van der Waals surface area contributed by atoms with Crippen molar-refractivity contribution in [2.75, 3.05) is 6.54 Å². The molecule has 2 rings (SSSR count). The first-order chi connectivity index (χ1) is 10.5. The number of nitrogens with one attached hydrogen (secondary N) is 2. The third-order valence-electron chi connectivity index (χ3n) is 3.52. The van der Waals surface area contributed by atoms with Gasteiger partial charge in [0, 0.05) is 23.6 Å². The number of H-pyrrole nitrogens is 1. The van der Waals surface area contributed by atoms with E-state index in [9.17, 15) is 9.59 Å². The van der Waals surface area contributed by atoms with Crippen LogP contribution in [0.5, 0.6) is 0 Å². The van der Waals surface area contributed by atoms with Gasteiger partial charge >= 0.3 is 5.97 Å². The average Bonchev–Trinajstić information content (AvgIpc) is 2.90. The highest BCUT2D eigenvalue weighted by Gasteiger charge is 2.17. The zero-order valence-electron chi connectivity index (χ0n) is 12.1. The van der Waals surface area contributed by atoms with Crippen LogP contribution < -0.4 is 16.8 Å². The predicted octanol–water partition coefficient (Wildman–Crippen LogP) is -0.0441. The lowest BCUT2D eigenvalue weighted by Crippen LogP contribution is -2.44. The maximum Gasteiger partial charge on any atom is 0.320 e. The van der Waals surface area contributed by atoms with E-state index < -0.39 is 18.1 Å². The van der Waals surface area contributed by atoms with Crippen LogP contribution in [-0.4, -0.2) is 40.6 Å². The molecule has 0 fully saturated rings. The van der Waals surface area contributed by atoms with Gasteiger partial charge in [-0.05, 0) is 24.5 Å². The molecule has 0 aliphatic heterocycles. The molecule has 2 aromatic rings. The first-order valence-electron chi connectivity index (χ1n) is 7.05. The number of carboxylic acid groups (broad SMARTS) is 1. The van der Waals surface area contributed by atoms with Crippen LogP contribution in [0.4, 0.5) is 0 Å². The summed E-state index contributed by atoms with van der Waals surface area (Å²) < 4.78 is 0. The third-order valence-corrected chi connectivity index (χ3v) is 3.52. The Morgan fingerprint density at radius 3 is 2.68 bits per heavy atom. The molecule has 1 amide bonds. The summed E-state index contributed by atoms with van der Waals surface area (Å²) >= 11 is 0. The minimum Gasteiger partial charge on any atom is -0.480 e. The summed E-state index contributed by atoms with van der Waals surface area (Å²) in [5.74, 6) is -1.40. The third kappa shape index (κ3) is 3.84. The van der Waals surface area contributed by atoms with Crippen LogP contribution in [0.25, 0.3) is 10.9 Å². The van der Waals surface area contributed by atoms with Crippen LogP contribution in [0.2, 0.25) is 0 Å². The van der Waals surface area contributed by atoms with Gasteiger partial charge in [-0.15, -0.1) is 0 Å². The van der Waals surface area contributed by atoms with Crippen molar-refractivity contribution < 1.29 is 14.7 Å². The summed E-state index contributed by atoms with van der Waals surface area (Å²) in [4.78, 5) is 25.6. The van der Waals surface area contributed by atoms with E-state index >= 15 is 0 Å². The van der Waals surface area contributed by atoms with Crippen molar-refractivity contribution in [2.24, 2.45) is 11.5 Å². The van der Waals surface area contributed by atoms with E-state index in [0.29, 0.717) is 6.42 Å². The molecular weight excluding hydrogens is 284 g/mol. The minimum absolute atomic E-state index is 0.168. The first kappa shape index (κ1) is 16.0. The van der Waals surface area contributed by atoms with E-state index in [2.05, 4.69) is 10.3 Å². The van der Waals surface area contributed by atoms with Crippen molar-refractivity contribution in [3.63, 3.8) is 0 Å². The topological polar surface area (TPSA) is 134 Å². The Bertz CT molecular complexity index is 668. The molecule has 1 aromatic carbocycles. The first-order valence-corrected chi connectivity index (χ1v) is 7.05. The molecule has 0 saturated carbocycles. The van der Waals surface area contributed by atoms with Crippen LogP contribution in [0.15, 0.2) is 30.5 Å². The number of amides is 1. The molecule has 0 saturated heterocycles. The fourth-order valence-corrected chi connectivity index (χ4v) is 2.24. The molecule has 0 unspecified atom stereocenters. The van der Waals surface area contributed by atoms with E-state index in [0.717, 1.165) is 16.5 Å². The van der Waals surface area contributed by atoms with Crippen molar-refractivity contribution in [3.8, 4) is 0 Å². The van der Waals surface area contributed by atoms with Gasteiger partial charge in [-0.1, -0.05) is 18.2 Å². The Morgan fingerprint density at radius 2 is 1.95 bits per heavy atom. The van der Waals surface area contributed by atoms with Gasteiger partial charge in [0.1, 0.15) is 6.04 Å². The summed E-state index contributed by atoms with van der Waals surface area (Å²) in [5, 5.41) is 12.3. The molecule has 7 heteroatoms. The SMILES string of the molecule is N[C@@H](CCNC(=O)[C@@H](N)Cc1c[nH]c2ccccc12)C(=O)O. The number of nitrogens with two attached hydrogens (primary N) is 2. The summed E-state index contributed by atoms with van der Waals surface area (Å²) in [6.45, 7) is 0.188. The lowest BCUT2D eigenvalue weighted by molar-refractivity contribution is -0.138. The Morgan fingerprint density at radius 1 is 1.23 bits per heavy atom. The summed E-state index contributed by atoms with van der Waals surface area (Å²) in [6, 6.07) is 6.11. The minimum atomic E-state index is -1.09. The molecule has 1 heterocycles. The van der Waals surface area contributed by atoms with Crippen LogP contribution in [0.1, 0.15) is 12.0 Å². The van der Waals surface area contributed by atoms with Crippen LogP contribution >= 0.6 is 0 Å². The number of benzene rings is 1. The fraction of sp³-hybridized carbons (Fsp3) is 0.333. The Hall–Kier alpha value is -2.38. The maximum absolute atomic E-state index is 11.9. The number of carbonyl (C=O) groups is 2. The number of aliphatic carboxylic acids is 1. The lowest BCUT2D eigenvalue weighted by atomic mass is 10.0. The zero-order chi connectivity index (χ0) is 16.1. The molecule has 118 valence electrons. The maximum atomic E-state index is 11.9. The highest BCUT2D eigenvalue weighted by Crippen LogP contribution is 2.18. The van der Waals surface area contributed by atoms with Crippen LogP contribution in [0, 0.1) is 0 Å². The molecule has 1 aromatic heterocycles. The number of hydrogen-bond donors (Lipinski definition) is 5. The van der Waals surface area contributed by atoms with Gasteiger partial charge in [0.25, 0.3) is 0 Å². The second kappa shape index (κ2) is 7.06. The number of aromatic nitrogens is 1. The zero-order valence-corrected chi connectivity index (χ0v) is 12.1. The molecule has 7 nitrogen and oxygen atoms in total. The molecule has 0 spiro atoms. The van der Waals surface area contributed by atoms with Crippen molar-refractivity contribution in [1.82, 2.24) is 10.3 Å². The number of hydrogen-bond acceptors (Lipinski definition) is 4. The van der Waals surface area contributed by atoms with E-state index in [1.165, 1.54) is 0 Å². The van der Waals surface area contributed by atoms with Gasteiger partial charge < -0.3 is 26.9 Å². The van der Waals surface area contributed by atoms with Crippen LogP contribution in [0.3, 0.4) is 0 Å². The van der Waals surface area contributed by atoms with Crippen molar-refractivity contribution in [3.05, 3.63) is 36.0 Å². The molecule has 22 heavy (non-hydrogen) atoms. The average molecular weight is 304 g/mol. The largest absolute Gasteiger partial charge is 0.480 e. The lowest BCUT2D eigenvalue weighted by Gasteiger charge is -2.13. The smallest absolute Gasteiger partial charge is 0.320 e. The number of para-hydroxylation sites is 1. The van der Waals surface area contributed by atoms with Crippen molar-refractivity contribution in [1.29, 1.82) is 0 Å². The number of fused-ring (bicyclic) bond motifs is 1. The molecule has 0 radical (unpaired) electrons. The Kier molecular flexibility index (Phi) is 5.13. The second-order valence-electron chi connectivity index (χ2n) is 5.19. The van der Waals surface area contributed by atoms with E-state index in [-0.39, 0.29) is 18.9 Å². The summed E-state index contributed by atoms with van der Waals surface area (Å²) in [5.41, 5.74) is 13.2. The normalized spacial score (nSPS) is 13.7. The van der Waals surface area contributed by atoms with Gasteiger partial charge in [-0.3, -0.25) is 9.59 Å². The fourth-order valence-electron chi connectivity index (χ4n) is 2.24. The standard InChI is InChI=1S/C15H20N4O3/c16-11(15(21)22)5-6-18-14(20)12(17)7-9-8-19-13-4-2-1-3-10(9)13/h1-4,8,11-12,19H,5-7,16-17H2,(H,18,20)(H,21,22)/t11-,12-/m0/s1. The quantitative estimate of drug-likeness (QED) is 0.489. The second-order valence-corrected chi connectivity index (χ2v) is 5.19. The van der Waals surface area contributed by atoms with Gasteiger partial charge in [-0.25, -0.2) is 0 Å². The van der Waals surface area contributed by atoms with Gasteiger partial charge in [0.15, 0.2) is 0 Å². The van der Waals surface area contributed by atoms with E-state index in [1.807, 2.05) is 30.5 Å². The number of rotatable bonds is 7. The number of carboxylic acids is 1. The van der Waals surface area contributed by atoms with Gasteiger partial charge in [0.05, 0.1) is 6.04 Å².